The van der Waals surface area contributed by atoms with Gasteiger partial charge < -0.3 is 4.74 Å². The summed E-state index contributed by atoms with van der Waals surface area (Å²) >= 11 is 1.71. The highest BCUT2D eigenvalue weighted by molar-refractivity contribution is 7.18. The maximum atomic E-state index is 13.3. The topological polar surface area (TPSA) is 44.1 Å². The van der Waals surface area contributed by atoms with Crippen LogP contribution in [-0.4, -0.2) is 16.7 Å². The van der Waals surface area contributed by atoms with Crippen LogP contribution in [0.4, 0.5) is 0 Å². The third-order valence-corrected chi connectivity index (χ3v) is 5.89. The summed E-state index contributed by atoms with van der Waals surface area (Å²) in [4.78, 5) is 20.4. The molecule has 1 aliphatic rings. The van der Waals surface area contributed by atoms with Crippen molar-refractivity contribution in [3.63, 3.8) is 0 Å². The lowest BCUT2D eigenvalue weighted by molar-refractivity contribution is 0.414. The number of methoxy groups -OCH3 is 1. The zero-order chi connectivity index (χ0) is 16.7. The molecular weight excluding hydrogens is 320 g/mol. The fraction of sp³-hybridized carbons (Fsp3) is 0.368. The van der Waals surface area contributed by atoms with E-state index in [2.05, 4.69) is 0 Å². The molecule has 0 amide bonds. The molecule has 0 spiro atoms. The van der Waals surface area contributed by atoms with Gasteiger partial charge in [-0.1, -0.05) is 6.92 Å². The quantitative estimate of drug-likeness (QED) is 0.726. The second kappa shape index (κ2) is 6.06. The normalized spacial score (nSPS) is 13.9. The van der Waals surface area contributed by atoms with Crippen LogP contribution in [0.5, 0.6) is 5.75 Å². The van der Waals surface area contributed by atoms with Gasteiger partial charge >= 0.3 is 0 Å². The molecule has 0 fully saturated rings. The van der Waals surface area contributed by atoms with Crippen molar-refractivity contribution < 1.29 is 4.74 Å². The van der Waals surface area contributed by atoms with Gasteiger partial charge in [-0.2, -0.15) is 0 Å². The van der Waals surface area contributed by atoms with Crippen LogP contribution in [0.25, 0.3) is 15.9 Å². The van der Waals surface area contributed by atoms with Gasteiger partial charge in [0.05, 0.1) is 18.2 Å². The van der Waals surface area contributed by atoms with Gasteiger partial charge in [-0.3, -0.25) is 9.36 Å². The summed E-state index contributed by atoms with van der Waals surface area (Å²) in [6.07, 6.45) is 5.18. The molecule has 1 aliphatic carbocycles. The number of aromatic nitrogens is 2. The third-order valence-electron chi connectivity index (χ3n) is 4.71. The fourth-order valence-electron chi connectivity index (χ4n) is 3.48. The number of hydrogen-bond donors (Lipinski definition) is 0. The Kier molecular flexibility index (Phi) is 3.88. The average Bonchev–Trinajstić information content (AvgIpc) is 3.00. The van der Waals surface area contributed by atoms with Gasteiger partial charge in [0.15, 0.2) is 0 Å². The molecule has 24 heavy (non-hydrogen) atoms. The third kappa shape index (κ3) is 2.35. The van der Waals surface area contributed by atoms with Gasteiger partial charge in [-0.15, -0.1) is 11.3 Å². The summed E-state index contributed by atoms with van der Waals surface area (Å²) in [5.41, 5.74) is 2.16. The van der Waals surface area contributed by atoms with Crippen LogP contribution in [0.3, 0.4) is 0 Å². The monoisotopic (exact) mass is 340 g/mol. The molecule has 0 atom stereocenters. The molecule has 0 aliphatic heterocycles. The van der Waals surface area contributed by atoms with E-state index in [9.17, 15) is 4.79 Å². The minimum Gasteiger partial charge on any atom is -0.497 e. The summed E-state index contributed by atoms with van der Waals surface area (Å²) in [6.45, 7) is 2.04. The van der Waals surface area contributed by atoms with Crippen LogP contribution in [-0.2, 0) is 19.3 Å². The van der Waals surface area contributed by atoms with Gasteiger partial charge in [0.25, 0.3) is 5.56 Å². The Hall–Kier alpha value is -2.14. The summed E-state index contributed by atoms with van der Waals surface area (Å²) in [7, 11) is 1.64. The predicted molar refractivity (Wildman–Crippen MR) is 97.8 cm³/mol. The van der Waals surface area contributed by atoms with Crippen molar-refractivity contribution >= 4 is 21.6 Å². The summed E-state index contributed by atoms with van der Waals surface area (Å²) in [5.74, 6) is 1.60. The maximum Gasteiger partial charge on any atom is 0.267 e. The van der Waals surface area contributed by atoms with Crippen LogP contribution in [0, 0.1) is 0 Å². The van der Waals surface area contributed by atoms with Gasteiger partial charge in [-0.25, -0.2) is 4.98 Å². The van der Waals surface area contributed by atoms with E-state index in [4.69, 9.17) is 9.72 Å². The highest BCUT2D eigenvalue weighted by Crippen LogP contribution is 2.34. The lowest BCUT2D eigenvalue weighted by Gasteiger charge is -2.13. The Morgan fingerprint density at radius 3 is 2.67 bits per heavy atom. The maximum absolute atomic E-state index is 13.3. The molecular formula is C19H20N2O2S. The Labute approximate surface area is 144 Å². The van der Waals surface area contributed by atoms with Crippen LogP contribution < -0.4 is 10.3 Å². The molecule has 4 nitrogen and oxygen atoms in total. The van der Waals surface area contributed by atoms with Crippen LogP contribution in [0.2, 0.25) is 0 Å². The van der Waals surface area contributed by atoms with Crippen molar-refractivity contribution in [1.82, 2.24) is 9.55 Å². The van der Waals surface area contributed by atoms with Crippen LogP contribution in [0.15, 0.2) is 29.1 Å². The highest BCUT2D eigenvalue weighted by Gasteiger charge is 2.22. The Balaban J connectivity index is 1.99. The number of hydrogen-bond acceptors (Lipinski definition) is 4. The Bertz CT molecular complexity index is 954. The van der Waals surface area contributed by atoms with E-state index in [0.29, 0.717) is 0 Å². The van der Waals surface area contributed by atoms with E-state index in [-0.39, 0.29) is 5.56 Å². The van der Waals surface area contributed by atoms with E-state index >= 15 is 0 Å². The SMILES string of the molecule is CCc1nc2sc3c(c2c(=O)n1-c1ccc(OC)cc1)CCCC3. The second-order valence-electron chi connectivity index (χ2n) is 6.11. The number of benzene rings is 1. The number of aryl methyl sites for hydroxylation is 3. The molecule has 0 unspecified atom stereocenters. The predicted octanol–water partition coefficient (Wildman–Crippen LogP) is 3.90. The molecule has 124 valence electrons. The molecule has 2 aromatic heterocycles. The number of ether oxygens (including phenoxy) is 1. The van der Waals surface area contributed by atoms with E-state index in [0.717, 1.165) is 53.2 Å². The number of rotatable bonds is 3. The number of nitrogens with zero attached hydrogens (tertiary/aromatic N) is 2. The van der Waals surface area contributed by atoms with Crippen LogP contribution in [0.1, 0.15) is 36.0 Å². The highest BCUT2D eigenvalue weighted by atomic mass is 32.1. The largest absolute Gasteiger partial charge is 0.497 e. The average molecular weight is 340 g/mol. The molecule has 0 bridgehead atoms. The van der Waals surface area contributed by atoms with Gasteiger partial charge in [0, 0.05) is 11.3 Å². The van der Waals surface area contributed by atoms with Gasteiger partial charge in [-0.05, 0) is 55.5 Å². The molecule has 1 aromatic carbocycles. The zero-order valence-electron chi connectivity index (χ0n) is 14.0. The van der Waals surface area contributed by atoms with Crippen molar-refractivity contribution in [3.8, 4) is 11.4 Å². The van der Waals surface area contributed by atoms with Crippen molar-refractivity contribution in [2.75, 3.05) is 7.11 Å². The molecule has 0 saturated carbocycles. The zero-order valence-corrected chi connectivity index (χ0v) is 14.8. The molecule has 0 saturated heterocycles. The molecule has 2 heterocycles. The molecule has 0 radical (unpaired) electrons. The minimum atomic E-state index is 0.0708. The summed E-state index contributed by atoms with van der Waals surface area (Å²) in [5, 5.41) is 0.836. The Morgan fingerprint density at radius 2 is 1.96 bits per heavy atom. The van der Waals surface area contributed by atoms with E-state index in [1.54, 1.807) is 23.0 Å². The number of thiophene rings is 1. The molecule has 4 rings (SSSR count). The first-order valence-electron chi connectivity index (χ1n) is 8.43. The lowest BCUT2D eigenvalue weighted by atomic mass is 9.97. The van der Waals surface area contributed by atoms with Gasteiger partial charge in [0.2, 0.25) is 0 Å². The number of fused-ring (bicyclic) bond motifs is 3. The standard InChI is InChI=1S/C19H20N2O2S/c1-3-16-20-18-17(14-6-4-5-7-15(14)24-18)19(22)21(16)12-8-10-13(23-2)11-9-12/h8-11H,3-7H2,1-2H3. The van der Waals surface area contributed by atoms with Gasteiger partial charge in [0.1, 0.15) is 16.4 Å². The van der Waals surface area contributed by atoms with Crippen molar-refractivity contribution in [1.29, 1.82) is 0 Å². The fourth-order valence-corrected chi connectivity index (χ4v) is 4.75. The lowest BCUT2D eigenvalue weighted by Crippen LogP contribution is -2.24. The van der Waals surface area contributed by atoms with Crippen LogP contribution >= 0.6 is 11.3 Å². The first-order valence-corrected chi connectivity index (χ1v) is 9.25. The summed E-state index contributed by atoms with van der Waals surface area (Å²) < 4.78 is 6.99. The van der Waals surface area contributed by atoms with Crippen molar-refractivity contribution in [2.24, 2.45) is 0 Å². The Morgan fingerprint density at radius 1 is 1.21 bits per heavy atom. The van der Waals surface area contributed by atoms with E-state index in [1.807, 2.05) is 31.2 Å². The minimum absolute atomic E-state index is 0.0708. The first kappa shape index (κ1) is 15.4. The van der Waals surface area contributed by atoms with E-state index in [1.165, 1.54) is 16.9 Å². The smallest absolute Gasteiger partial charge is 0.267 e. The summed E-state index contributed by atoms with van der Waals surface area (Å²) in [6, 6.07) is 7.61. The van der Waals surface area contributed by atoms with Crippen molar-refractivity contribution in [3.05, 3.63) is 50.9 Å². The molecule has 3 aromatic rings. The molecule has 0 N–H and O–H groups in total. The first-order chi connectivity index (χ1) is 11.7. The van der Waals surface area contributed by atoms with Crippen molar-refractivity contribution in [2.45, 2.75) is 39.0 Å². The second-order valence-corrected chi connectivity index (χ2v) is 7.19. The molecule has 5 heteroatoms. The van der Waals surface area contributed by atoms with E-state index < -0.39 is 0 Å².